The maximum atomic E-state index is 12.1. The van der Waals surface area contributed by atoms with Gasteiger partial charge in [0.1, 0.15) is 5.54 Å². The number of rotatable bonds is 3. The van der Waals surface area contributed by atoms with Crippen LogP contribution in [0.25, 0.3) is 0 Å². The summed E-state index contributed by atoms with van der Waals surface area (Å²) >= 11 is 0. The second kappa shape index (κ2) is 4.69. The van der Waals surface area contributed by atoms with Crippen molar-refractivity contribution in [3.05, 3.63) is 0 Å². The normalized spacial score (nSPS) is 35.3. The van der Waals surface area contributed by atoms with Gasteiger partial charge in [0.05, 0.1) is 0 Å². The monoisotopic (exact) mass is 266 g/mol. The third-order valence-electron chi connectivity index (χ3n) is 5.27. The predicted octanol–water partition coefficient (Wildman–Crippen LogP) is 1.87. The third-order valence-corrected chi connectivity index (χ3v) is 5.27. The van der Waals surface area contributed by atoms with Crippen molar-refractivity contribution in [2.75, 3.05) is 0 Å². The number of carbonyl (C=O) groups excluding carboxylic acids is 1. The number of nitrogens with one attached hydrogen (secondary N) is 2. The molecule has 19 heavy (non-hydrogen) atoms. The average Bonchev–Trinajstić information content (AvgIpc) is 3.04. The van der Waals surface area contributed by atoms with E-state index >= 15 is 0 Å². The molecule has 3 rings (SSSR count). The van der Waals surface area contributed by atoms with Gasteiger partial charge in [-0.05, 0) is 43.9 Å². The molecule has 5 heteroatoms. The van der Waals surface area contributed by atoms with Gasteiger partial charge < -0.3 is 15.7 Å². The lowest BCUT2D eigenvalue weighted by atomic mass is 9.95. The molecule has 3 fully saturated rings. The zero-order valence-corrected chi connectivity index (χ0v) is 11.2. The molecule has 106 valence electrons. The van der Waals surface area contributed by atoms with Gasteiger partial charge in [0.15, 0.2) is 0 Å². The van der Waals surface area contributed by atoms with Gasteiger partial charge in [-0.1, -0.05) is 19.3 Å². The van der Waals surface area contributed by atoms with Crippen LogP contribution < -0.4 is 10.6 Å². The Hall–Kier alpha value is -1.26. The van der Waals surface area contributed by atoms with Crippen LogP contribution in [0.1, 0.15) is 51.4 Å². The van der Waals surface area contributed by atoms with E-state index in [4.69, 9.17) is 0 Å². The van der Waals surface area contributed by atoms with Crippen LogP contribution in [0.2, 0.25) is 0 Å². The maximum Gasteiger partial charge on any atom is 0.329 e. The second-order valence-corrected chi connectivity index (χ2v) is 6.47. The number of aliphatic carboxylic acids is 1. The molecule has 0 aromatic carbocycles. The lowest BCUT2D eigenvalue weighted by Crippen LogP contribution is -2.57. The van der Waals surface area contributed by atoms with E-state index in [-0.39, 0.29) is 12.1 Å². The van der Waals surface area contributed by atoms with Crippen molar-refractivity contribution in [3.8, 4) is 0 Å². The van der Waals surface area contributed by atoms with Gasteiger partial charge in [-0.25, -0.2) is 9.59 Å². The molecule has 3 N–H and O–H groups in total. The molecule has 3 saturated carbocycles. The molecule has 0 aliphatic heterocycles. The lowest BCUT2D eigenvalue weighted by Gasteiger charge is -2.28. The Morgan fingerprint density at radius 3 is 2.37 bits per heavy atom. The van der Waals surface area contributed by atoms with Crippen molar-refractivity contribution >= 4 is 12.0 Å². The predicted molar refractivity (Wildman–Crippen MR) is 69.7 cm³/mol. The van der Waals surface area contributed by atoms with Crippen molar-refractivity contribution in [1.29, 1.82) is 0 Å². The number of fused-ring (bicyclic) bond motifs is 2. The first-order valence-electron chi connectivity index (χ1n) is 7.41. The molecule has 0 spiro atoms. The quantitative estimate of drug-likeness (QED) is 0.729. The third kappa shape index (κ3) is 2.30. The van der Waals surface area contributed by atoms with Crippen molar-refractivity contribution in [2.24, 2.45) is 11.8 Å². The van der Waals surface area contributed by atoms with E-state index < -0.39 is 11.5 Å². The molecule has 2 bridgehead atoms. The van der Waals surface area contributed by atoms with Crippen molar-refractivity contribution < 1.29 is 14.7 Å². The van der Waals surface area contributed by atoms with E-state index in [0.717, 1.165) is 25.2 Å². The van der Waals surface area contributed by atoms with Gasteiger partial charge in [-0.2, -0.15) is 0 Å². The zero-order chi connectivity index (χ0) is 13.5. The number of carbonyl (C=O) groups is 2. The Morgan fingerprint density at radius 2 is 1.84 bits per heavy atom. The molecule has 3 atom stereocenters. The summed E-state index contributed by atoms with van der Waals surface area (Å²) in [4.78, 5) is 23.4. The van der Waals surface area contributed by atoms with Crippen molar-refractivity contribution in [2.45, 2.75) is 62.9 Å². The highest BCUT2D eigenvalue weighted by Gasteiger charge is 2.44. The number of hydrogen-bond donors (Lipinski definition) is 3. The van der Waals surface area contributed by atoms with Gasteiger partial charge in [-0.15, -0.1) is 0 Å². The number of amides is 2. The van der Waals surface area contributed by atoms with E-state index in [1.807, 2.05) is 0 Å². The summed E-state index contributed by atoms with van der Waals surface area (Å²) in [7, 11) is 0. The molecule has 2 amide bonds. The number of carboxylic acids is 1. The van der Waals surface area contributed by atoms with E-state index in [1.54, 1.807) is 0 Å². The van der Waals surface area contributed by atoms with Crippen LogP contribution in [0.4, 0.5) is 4.79 Å². The van der Waals surface area contributed by atoms with Gasteiger partial charge in [0.25, 0.3) is 0 Å². The molecule has 3 aliphatic carbocycles. The average molecular weight is 266 g/mol. The molecule has 0 radical (unpaired) electrons. The standard InChI is InChI=1S/C14H22N2O3/c17-12(18)14(5-1-2-6-14)16-13(19)15-11-8-9-3-4-10(11)7-9/h9-11H,1-8H2,(H,17,18)(H2,15,16,19). The van der Waals surface area contributed by atoms with Gasteiger partial charge in [0, 0.05) is 6.04 Å². The molecule has 0 saturated heterocycles. The molecular weight excluding hydrogens is 244 g/mol. The highest BCUT2D eigenvalue weighted by Crippen LogP contribution is 2.44. The highest BCUT2D eigenvalue weighted by atomic mass is 16.4. The summed E-state index contributed by atoms with van der Waals surface area (Å²) in [6.07, 6.45) is 7.65. The number of carboxylic acid groups (broad SMARTS) is 1. The summed E-state index contributed by atoms with van der Waals surface area (Å²) in [6.45, 7) is 0. The first-order valence-corrected chi connectivity index (χ1v) is 7.41. The SMILES string of the molecule is O=C(NC1CC2CCC1C2)NC1(C(=O)O)CCCC1. The first-order chi connectivity index (χ1) is 9.09. The summed E-state index contributed by atoms with van der Waals surface area (Å²) in [5.74, 6) is 0.489. The van der Waals surface area contributed by atoms with Crippen LogP contribution in [-0.2, 0) is 4.79 Å². The summed E-state index contributed by atoms with van der Waals surface area (Å²) in [5.41, 5.74) is -1.03. The van der Waals surface area contributed by atoms with Crippen LogP contribution in [0.5, 0.6) is 0 Å². The van der Waals surface area contributed by atoms with Gasteiger partial charge in [-0.3, -0.25) is 0 Å². The van der Waals surface area contributed by atoms with Gasteiger partial charge in [0.2, 0.25) is 0 Å². The summed E-state index contributed by atoms with van der Waals surface area (Å²) in [5, 5.41) is 15.1. The Balaban J connectivity index is 1.57. The van der Waals surface area contributed by atoms with Crippen LogP contribution in [-0.4, -0.2) is 28.7 Å². The molecule has 3 unspecified atom stereocenters. The Morgan fingerprint density at radius 1 is 1.11 bits per heavy atom. The van der Waals surface area contributed by atoms with E-state index in [1.165, 1.54) is 19.3 Å². The lowest BCUT2D eigenvalue weighted by molar-refractivity contribution is -0.144. The van der Waals surface area contributed by atoms with E-state index in [9.17, 15) is 14.7 Å². The largest absolute Gasteiger partial charge is 0.480 e. The fourth-order valence-electron chi connectivity index (χ4n) is 4.21. The molecule has 5 nitrogen and oxygen atoms in total. The van der Waals surface area contributed by atoms with Crippen molar-refractivity contribution in [3.63, 3.8) is 0 Å². The minimum absolute atomic E-state index is 0.256. The number of hydrogen-bond acceptors (Lipinski definition) is 2. The number of urea groups is 1. The van der Waals surface area contributed by atoms with Gasteiger partial charge >= 0.3 is 12.0 Å². The zero-order valence-electron chi connectivity index (χ0n) is 11.2. The first kappa shape index (κ1) is 12.8. The molecule has 0 heterocycles. The Bertz CT molecular complexity index is 390. The van der Waals surface area contributed by atoms with Crippen molar-refractivity contribution in [1.82, 2.24) is 10.6 Å². The van der Waals surface area contributed by atoms with Crippen LogP contribution in [0.3, 0.4) is 0 Å². The minimum atomic E-state index is -1.03. The van der Waals surface area contributed by atoms with E-state index in [0.29, 0.717) is 18.8 Å². The summed E-state index contributed by atoms with van der Waals surface area (Å²) < 4.78 is 0. The maximum absolute atomic E-state index is 12.1. The van der Waals surface area contributed by atoms with Crippen LogP contribution in [0, 0.1) is 11.8 Å². The smallest absolute Gasteiger partial charge is 0.329 e. The molecular formula is C14H22N2O3. The van der Waals surface area contributed by atoms with Crippen LogP contribution in [0.15, 0.2) is 0 Å². The topological polar surface area (TPSA) is 78.4 Å². The Kier molecular flexibility index (Phi) is 3.15. The minimum Gasteiger partial charge on any atom is -0.480 e. The molecule has 3 aliphatic rings. The van der Waals surface area contributed by atoms with E-state index in [2.05, 4.69) is 10.6 Å². The second-order valence-electron chi connectivity index (χ2n) is 6.47. The van der Waals surface area contributed by atoms with Crippen LogP contribution >= 0.6 is 0 Å². The molecule has 0 aromatic rings. The highest BCUT2D eigenvalue weighted by molar-refractivity contribution is 5.86. The Labute approximate surface area is 113 Å². The molecule has 0 aromatic heterocycles. The summed E-state index contributed by atoms with van der Waals surface area (Å²) in [6, 6.07) is -0.0344. The fraction of sp³-hybridized carbons (Fsp3) is 0.857. The fourth-order valence-corrected chi connectivity index (χ4v) is 4.21.